The lowest BCUT2D eigenvalue weighted by atomic mass is 9.71. The van der Waals surface area contributed by atoms with Gasteiger partial charge in [0.05, 0.1) is 22.4 Å². The molecule has 0 spiro atoms. The summed E-state index contributed by atoms with van der Waals surface area (Å²) in [6.45, 7) is 8.81. The highest BCUT2D eigenvalue weighted by atomic mass is 14.8. The molecule has 1 unspecified atom stereocenters. The molecule has 0 fully saturated rings. The van der Waals surface area contributed by atoms with E-state index in [1.807, 2.05) is 6.07 Å². The molecule has 2 aromatic heterocycles. The molecule has 2 heterocycles. The minimum Gasteiger partial charge on any atom is -0.352 e. The first-order valence-electron chi connectivity index (χ1n) is 7.41. The van der Waals surface area contributed by atoms with Crippen LogP contribution < -0.4 is 0 Å². The van der Waals surface area contributed by atoms with Crippen molar-refractivity contribution in [2.75, 3.05) is 0 Å². The number of aryl methyl sites for hydroxylation is 1. The predicted octanol–water partition coefficient (Wildman–Crippen LogP) is 4.10. The Balaban J connectivity index is 2.02. The van der Waals surface area contributed by atoms with Crippen LogP contribution in [0, 0.1) is 16.7 Å². The summed E-state index contributed by atoms with van der Waals surface area (Å²) >= 11 is 0. The Morgan fingerprint density at radius 1 is 1.35 bits per heavy atom. The molecule has 1 aliphatic carbocycles. The van der Waals surface area contributed by atoms with Crippen LogP contribution in [0.25, 0.3) is 11.0 Å². The molecule has 0 aromatic carbocycles. The molecule has 20 heavy (non-hydrogen) atoms. The third-order valence-corrected chi connectivity index (χ3v) is 4.60. The van der Waals surface area contributed by atoms with Crippen molar-refractivity contribution in [3.63, 3.8) is 0 Å². The molecule has 0 aliphatic heterocycles. The highest BCUT2D eigenvalue weighted by Crippen LogP contribution is 2.37. The third kappa shape index (κ3) is 2.26. The smallest absolute Gasteiger partial charge is 0.0889 e. The number of fused-ring (bicyclic) bond motifs is 2. The number of hydrogen-bond acceptors (Lipinski definition) is 2. The molecular formula is C17H23N3. The Bertz CT molecular complexity index is 673. The molecule has 0 saturated heterocycles. The summed E-state index contributed by atoms with van der Waals surface area (Å²) in [6.07, 6.45) is 3.44. The quantitative estimate of drug-likeness (QED) is 0.752. The number of nitrogens with zero attached hydrogens (tertiary/aromatic N) is 1. The number of rotatable bonds is 1. The second-order valence-electron chi connectivity index (χ2n) is 7.14. The van der Waals surface area contributed by atoms with Crippen molar-refractivity contribution in [3.8, 4) is 0 Å². The van der Waals surface area contributed by atoms with E-state index in [-0.39, 0.29) is 0 Å². The van der Waals surface area contributed by atoms with Crippen molar-refractivity contribution in [3.05, 3.63) is 29.1 Å². The van der Waals surface area contributed by atoms with E-state index in [9.17, 15) is 0 Å². The second kappa shape index (κ2) is 4.44. The highest BCUT2D eigenvalue weighted by Gasteiger charge is 2.29. The Hall–Kier alpha value is -1.64. The molecule has 3 rings (SSSR count). The molecule has 1 atom stereocenters. The van der Waals surface area contributed by atoms with Crippen LogP contribution in [-0.4, -0.2) is 15.7 Å². The van der Waals surface area contributed by atoms with Crippen LogP contribution in [0.2, 0.25) is 0 Å². The summed E-state index contributed by atoms with van der Waals surface area (Å²) in [5, 5.41) is 7.73. The van der Waals surface area contributed by atoms with Gasteiger partial charge in [-0.2, -0.15) is 0 Å². The van der Waals surface area contributed by atoms with Crippen molar-refractivity contribution >= 4 is 16.7 Å². The zero-order chi connectivity index (χ0) is 14.5. The lowest BCUT2D eigenvalue weighted by molar-refractivity contribution is 0.215. The van der Waals surface area contributed by atoms with Gasteiger partial charge in [0.25, 0.3) is 0 Å². The summed E-state index contributed by atoms with van der Waals surface area (Å²) < 4.78 is 0. The zero-order valence-corrected chi connectivity index (χ0v) is 12.8. The first-order chi connectivity index (χ1) is 9.34. The largest absolute Gasteiger partial charge is 0.352 e. The van der Waals surface area contributed by atoms with Crippen LogP contribution in [0.3, 0.4) is 0 Å². The van der Waals surface area contributed by atoms with Crippen LogP contribution in [0.15, 0.2) is 12.1 Å². The average molecular weight is 269 g/mol. The lowest BCUT2D eigenvalue weighted by Gasteiger charge is -2.34. The van der Waals surface area contributed by atoms with Gasteiger partial charge >= 0.3 is 0 Å². The van der Waals surface area contributed by atoms with Gasteiger partial charge in [-0.1, -0.05) is 20.8 Å². The van der Waals surface area contributed by atoms with E-state index in [0.29, 0.717) is 11.1 Å². The fraction of sp³-hybridized carbons (Fsp3) is 0.529. The summed E-state index contributed by atoms with van der Waals surface area (Å²) in [5.41, 5.74) is 6.51. The molecule has 0 saturated carbocycles. The maximum absolute atomic E-state index is 7.73. The molecule has 0 radical (unpaired) electrons. The highest BCUT2D eigenvalue weighted by molar-refractivity contribution is 5.98. The molecular weight excluding hydrogens is 246 g/mol. The number of nitrogens with one attached hydrogen (secondary N) is 2. The van der Waals surface area contributed by atoms with E-state index in [2.05, 4.69) is 31.8 Å². The van der Waals surface area contributed by atoms with Gasteiger partial charge in [-0.15, -0.1) is 0 Å². The van der Waals surface area contributed by atoms with Crippen molar-refractivity contribution < 1.29 is 0 Å². The van der Waals surface area contributed by atoms with Crippen LogP contribution in [0.4, 0.5) is 0 Å². The van der Waals surface area contributed by atoms with Gasteiger partial charge in [-0.05, 0) is 55.2 Å². The minimum atomic E-state index is 0.360. The van der Waals surface area contributed by atoms with E-state index in [1.54, 1.807) is 6.92 Å². The first kappa shape index (κ1) is 13.3. The summed E-state index contributed by atoms with van der Waals surface area (Å²) in [5.74, 6) is 0.730. The Kier molecular flexibility index (Phi) is 2.96. The van der Waals surface area contributed by atoms with E-state index in [0.717, 1.165) is 35.5 Å². The maximum Gasteiger partial charge on any atom is 0.0889 e. The summed E-state index contributed by atoms with van der Waals surface area (Å²) in [7, 11) is 0. The van der Waals surface area contributed by atoms with Crippen LogP contribution >= 0.6 is 0 Å². The van der Waals surface area contributed by atoms with E-state index < -0.39 is 0 Å². The van der Waals surface area contributed by atoms with Crippen LogP contribution in [0.5, 0.6) is 0 Å². The van der Waals surface area contributed by atoms with Crippen LogP contribution in [-0.2, 0) is 12.8 Å². The number of H-pyrrole nitrogens is 1. The average Bonchev–Trinajstić information content (AvgIpc) is 2.77. The maximum atomic E-state index is 7.73. The summed E-state index contributed by atoms with van der Waals surface area (Å²) in [4.78, 5) is 8.12. The standard InChI is InChI=1S/C17H23N3/c1-10(18)14-9-16-15(20-14)8-11-7-12(17(2,3)4)5-6-13(11)19-16/h8-9,12,18,20H,5-7H2,1-4H3. The van der Waals surface area contributed by atoms with Gasteiger partial charge in [-0.3, -0.25) is 4.98 Å². The topological polar surface area (TPSA) is 52.5 Å². The Morgan fingerprint density at radius 3 is 2.75 bits per heavy atom. The molecule has 3 heteroatoms. The fourth-order valence-corrected chi connectivity index (χ4v) is 3.15. The van der Waals surface area contributed by atoms with Crippen molar-refractivity contribution in [1.82, 2.24) is 9.97 Å². The zero-order valence-electron chi connectivity index (χ0n) is 12.8. The molecule has 2 aromatic rings. The summed E-state index contributed by atoms with van der Waals surface area (Å²) in [6, 6.07) is 4.25. The third-order valence-electron chi connectivity index (χ3n) is 4.60. The van der Waals surface area contributed by atoms with Crippen molar-refractivity contribution in [2.24, 2.45) is 11.3 Å². The Labute approximate surface area is 120 Å². The normalized spacial score (nSPS) is 19.1. The minimum absolute atomic E-state index is 0.360. The molecule has 106 valence electrons. The van der Waals surface area contributed by atoms with E-state index in [4.69, 9.17) is 10.4 Å². The molecule has 0 amide bonds. The van der Waals surface area contributed by atoms with Crippen LogP contribution in [0.1, 0.15) is 51.1 Å². The molecule has 3 nitrogen and oxygen atoms in total. The number of aromatic amines is 1. The van der Waals surface area contributed by atoms with Gasteiger partial charge in [-0.25, -0.2) is 0 Å². The Morgan fingerprint density at radius 2 is 2.10 bits per heavy atom. The molecule has 1 aliphatic rings. The first-order valence-corrected chi connectivity index (χ1v) is 7.41. The van der Waals surface area contributed by atoms with E-state index in [1.165, 1.54) is 17.7 Å². The molecule has 2 N–H and O–H groups in total. The number of pyridine rings is 1. The predicted molar refractivity (Wildman–Crippen MR) is 83.6 cm³/mol. The van der Waals surface area contributed by atoms with Gasteiger partial charge in [0, 0.05) is 5.69 Å². The van der Waals surface area contributed by atoms with Crippen molar-refractivity contribution in [1.29, 1.82) is 5.41 Å². The monoisotopic (exact) mass is 269 g/mol. The van der Waals surface area contributed by atoms with E-state index >= 15 is 0 Å². The van der Waals surface area contributed by atoms with Gasteiger partial charge in [0.1, 0.15) is 0 Å². The number of hydrogen-bond donors (Lipinski definition) is 2. The van der Waals surface area contributed by atoms with Crippen molar-refractivity contribution in [2.45, 2.75) is 47.0 Å². The molecule has 0 bridgehead atoms. The SMILES string of the molecule is CC(=N)c1cc2nc3c(cc2[nH]1)CC(C(C)(C)C)CC3. The van der Waals surface area contributed by atoms with Gasteiger partial charge in [0.15, 0.2) is 0 Å². The fourth-order valence-electron chi connectivity index (χ4n) is 3.15. The van der Waals surface area contributed by atoms with Gasteiger partial charge < -0.3 is 10.4 Å². The lowest BCUT2D eigenvalue weighted by Crippen LogP contribution is -2.27. The number of aromatic nitrogens is 2. The van der Waals surface area contributed by atoms with Gasteiger partial charge in [0.2, 0.25) is 0 Å². The second-order valence-corrected chi connectivity index (χ2v) is 7.14.